The van der Waals surface area contributed by atoms with E-state index < -0.39 is 0 Å². The molecule has 1 aliphatic rings. The van der Waals surface area contributed by atoms with Gasteiger partial charge in [-0.05, 0) is 55.0 Å². The molecule has 162 valence electrons. The third-order valence-electron chi connectivity index (χ3n) is 6.08. The number of H-pyrrole nitrogens is 1. The predicted octanol–water partition coefficient (Wildman–Crippen LogP) is 3.40. The van der Waals surface area contributed by atoms with E-state index in [4.69, 9.17) is 0 Å². The first-order valence-electron chi connectivity index (χ1n) is 11.0. The van der Waals surface area contributed by atoms with Crippen LogP contribution >= 0.6 is 0 Å². The molecule has 1 saturated heterocycles. The normalized spacial score (nSPS) is 16.4. The molecule has 2 aromatic carbocycles. The van der Waals surface area contributed by atoms with Crippen molar-refractivity contribution in [2.75, 3.05) is 19.6 Å². The molecular weight excluding hydrogens is 390 g/mol. The molecular formula is C25H29N3O3. The Hall–Kier alpha value is -3.28. The second kappa shape index (κ2) is 9.69. The number of fused-ring (bicyclic) bond motifs is 1. The number of aromatic amines is 1. The number of carbonyl (C=O) groups is 2. The summed E-state index contributed by atoms with van der Waals surface area (Å²) in [5.41, 5.74) is 3.31. The van der Waals surface area contributed by atoms with Crippen molar-refractivity contribution in [2.45, 2.75) is 32.1 Å². The van der Waals surface area contributed by atoms with E-state index in [2.05, 4.69) is 16.4 Å². The van der Waals surface area contributed by atoms with E-state index in [0.29, 0.717) is 32.4 Å². The summed E-state index contributed by atoms with van der Waals surface area (Å²) in [4.78, 5) is 30.5. The van der Waals surface area contributed by atoms with Crippen LogP contribution in [0.2, 0.25) is 0 Å². The van der Waals surface area contributed by atoms with Crippen molar-refractivity contribution in [3.05, 3.63) is 65.9 Å². The lowest BCUT2D eigenvalue weighted by atomic mass is 9.96. The lowest BCUT2D eigenvalue weighted by Gasteiger charge is -2.32. The second-order valence-corrected chi connectivity index (χ2v) is 8.25. The molecule has 31 heavy (non-hydrogen) atoms. The molecule has 6 heteroatoms. The lowest BCUT2D eigenvalue weighted by Crippen LogP contribution is -2.45. The molecule has 0 aliphatic carbocycles. The number of benzene rings is 2. The summed E-state index contributed by atoms with van der Waals surface area (Å²) in [5.74, 6) is 0.231. The van der Waals surface area contributed by atoms with Crippen molar-refractivity contribution in [2.24, 2.45) is 5.92 Å². The van der Waals surface area contributed by atoms with Crippen LogP contribution in [-0.4, -0.2) is 46.4 Å². The van der Waals surface area contributed by atoms with Crippen LogP contribution in [0.1, 0.15) is 30.4 Å². The van der Waals surface area contributed by atoms with Crippen molar-refractivity contribution in [3.63, 3.8) is 0 Å². The number of likely N-dealkylation sites (tertiary alicyclic amines) is 1. The number of nitrogens with zero attached hydrogens (tertiary/aromatic N) is 1. The number of phenols is 1. The zero-order chi connectivity index (χ0) is 21.6. The zero-order valence-electron chi connectivity index (χ0n) is 17.6. The molecule has 0 radical (unpaired) electrons. The number of rotatable bonds is 7. The molecule has 3 aromatic rings. The van der Waals surface area contributed by atoms with Gasteiger partial charge in [-0.2, -0.15) is 0 Å². The Labute approximate surface area is 182 Å². The van der Waals surface area contributed by atoms with Gasteiger partial charge in [-0.25, -0.2) is 0 Å². The number of hydrogen-bond acceptors (Lipinski definition) is 3. The smallest absolute Gasteiger partial charge is 0.224 e. The van der Waals surface area contributed by atoms with E-state index in [1.807, 2.05) is 41.4 Å². The van der Waals surface area contributed by atoms with Gasteiger partial charge in [-0.1, -0.05) is 30.3 Å². The molecule has 6 nitrogen and oxygen atoms in total. The van der Waals surface area contributed by atoms with Crippen LogP contribution in [0, 0.1) is 5.92 Å². The van der Waals surface area contributed by atoms with Crippen molar-refractivity contribution < 1.29 is 14.7 Å². The van der Waals surface area contributed by atoms with Crippen LogP contribution in [0.4, 0.5) is 0 Å². The molecule has 2 heterocycles. The van der Waals surface area contributed by atoms with Gasteiger partial charge in [0, 0.05) is 43.2 Å². The van der Waals surface area contributed by atoms with Gasteiger partial charge in [0.25, 0.3) is 0 Å². The summed E-state index contributed by atoms with van der Waals surface area (Å²) in [6.07, 6.45) is 5.52. The van der Waals surface area contributed by atoms with E-state index >= 15 is 0 Å². The average Bonchev–Trinajstić information content (AvgIpc) is 3.22. The van der Waals surface area contributed by atoms with Crippen LogP contribution in [0.25, 0.3) is 10.9 Å². The van der Waals surface area contributed by atoms with Crippen LogP contribution in [0.15, 0.2) is 54.7 Å². The number of aromatic hydroxyl groups is 1. The van der Waals surface area contributed by atoms with Gasteiger partial charge in [0.1, 0.15) is 5.75 Å². The van der Waals surface area contributed by atoms with Crippen LogP contribution in [0.5, 0.6) is 5.75 Å². The summed E-state index contributed by atoms with van der Waals surface area (Å²) in [6.45, 7) is 1.77. The highest BCUT2D eigenvalue weighted by atomic mass is 16.3. The molecule has 0 spiro atoms. The number of para-hydroxylation sites is 1. The monoisotopic (exact) mass is 419 g/mol. The van der Waals surface area contributed by atoms with E-state index in [9.17, 15) is 14.7 Å². The predicted molar refractivity (Wildman–Crippen MR) is 121 cm³/mol. The fraction of sp³-hybridized carbons (Fsp3) is 0.360. The minimum absolute atomic E-state index is 0.0212. The summed E-state index contributed by atoms with van der Waals surface area (Å²) < 4.78 is 0. The maximum atomic E-state index is 12.8. The number of nitrogens with one attached hydrogen (secondary N) is 2. The van der Waals surface area contributed by atoms with E-state index in [-0.39, 0.29) is 23.5 Å². The van der Waals surface area contributed by atoms with Gasteiger partial charge in [0.15, 0.2) is 0 Å². The summed E-state index contributed by atoms with van der Waals surface area (Å²) in [7, 11) is 0. The van der Waals surface area contributed by atoms with E-state index in [1.54, 1.807) is 12.1 Å². The maximum Gasteiger partial charge on any atom is 0.224 e. The number of aromatic nitrogens is 1. The highest BCUT2D eigenvalue weighted by Crippen LogP contribution is 2.21. The van der Waals surface area contributed by atoms with Crippen molar-refractivity contribution in [1.82, 2.24) is 15.2 Å². The lowest BCUT2D eigenvalue weighted by molar-refractivity contribution is -0.135. The first-order chi connectivity index (χ1) is 15.1. The van der Waals surface area contributed by atoms with Gasteiger partial charge in [0.05, 0.1) is 5.92 Å². The van der Waals surface area contributed by atoms with E-state index in [0.717, 1.165) is 36.0 Å². The van der Waals surface area contributed by atoms with Crippen LogP contribution in [0.3, 0.4) is 0 Å². The van der Waals surface area contributed by atoms with Gasteiger partial charge < -0.3 is 20.3 Å². The maximum absolute atomic E-state index is 12.8. The molecule has 3 N–H and O–H groups in total. The number of phenolic OH excluding ortho intramolecular Hbond substituents is 1. The van der Waals surface area contributed by atoms with Crippen molar-refractivity contribution in [1.29, 1.82) is 0 Å². The Morgan fingerprint density at radius 3 is 2.74 bits per heavy atom. The number of hydrogen-bond donors (Lipinski definition) is 3. The molecule has 1 atom stereocenters. The molecule has 1 unspecified atom stereocenters. The molecule has 1 fully saturated rings. The number of amides is 2. The minimum Gasteiger partial charge on any atom is -0.508 e. The molecule has 0 saturated carbocycles. The largest absolute Gasteiger partial charge is 0.508 e. The molecule has 1 aromatic heterocycles. The molecule has 4 rings (SSSR count). The molecule has 1 aliphatic heterocycles. The van der Waals surface area contributed by atoms with Crippen molar-refractivity contribution >= 4 is 22.7 Å². The van der Waals surface area contributed by atoms with Gasteiger partial charge in [0.2, 0.25) is 11.8 Å². The van der Waals surface area contributed by atoms with Crippen LogP contribution < -0.4 is 5.32 Å². The first kappa shape index (κ1) is 21.0. The minimum atomic E-state index is -0.148. The quantitative estimate of drug-likeness (QED) is 0.549. The fourth-order valence-electron chi connectivity index (χ4n) is 4.29. The Kier molecular flexibility index (Phi) is 6.55. The number of aryl methyl sites for hydroxylation is 1. The fourth-order valence-corrected chi connectivity index (χ4v) is 4.29. The Morgan fingerprint density at radius 1 is 1.10 bits per heavy atom. The van der Waals surface area contributed by atoms with Crippen molar-refractivity contribution in [3.8, 4) is 5.75 Å². The SMILES string of the molecule is O=C(NCCc1ccc(O)cc1)C1CCCN(C(=O)CCc2c[nH]c3ccccc23)C1. The average molecular weight is 420 g/mol. The third-order valence-corrected chi connectivity index (χ3v) is 6.08. The highest BCUT2D eigenvalue weighted by Gasteiger charge is 2.28. The van der Waals surface area contributed by atoms with Crippen LogP contribution in [-0.2, 0) is 22.4 Å². The van der Waals surface area contributed by atoms with Gasteiger partial charge in [-0.15, -0.1) is 0 Å². The molecule has 0 bridgehead atoms. The zero-order valence-corrected chi connectivity index (χ0v) is 17.6. The van der Waals surface area contributed by atoms with Gasteiger partial charge >= 0.3 is 0 Å². The van der Waals surface area contributed by atoms with Gasteiger partial charge in [-0.3, -0.25) is 9.59 Å². The molecule has 2 amide bonds. The Bertz CT molecular complexity index is 1040. The first-order valence-corrected chi connectivity index (χ1v) is 11.0. The standard InChI is InChI=1S/C25H29N3O3/c29-21-10-7-18(8-11-21)13-14-26-25(31)20-4-3-15-28(17-20)24(30)12-9-19-16-27-23-6-2-1-5-22(19)23/h1-2,5-8,10-11,16,20,27,29H,3-4,9,12-15,17H2,(H,26,31). The third kappa shape index (κ3) is 5.26. The number of piperidine rings is 1. The summed E-state index contributed by atoms with van der Waals surface area (Å²) >= 11 is 0. The van der Waals surface area contributed by atoms with E-state index in [1.165, 1.54) is 5.39 Å². The topological polar surface area (TPSA) is 85.4 Å². The second-order valence-electron chi connectivity index (χ2n) is 8.25. The summed E-state index contributed by atoms with van der Waals surface area (Å²) in [6, 6.07) is 15.1. The Morgan fingerprint density at radius 2 is 1.90 bits per heavy atom. The summed E-state index contributed by atoms with van der Waals surface area (Å²) in [5, 5.41) is 13.5. The number of carbonyl (C=O) groups excluding carboxylic acids is 2. The highest BCUT2D eigenvalue weighted by molar-refractivity contribution is 5.84. The Balaban J connectivity index is 1.24.